The quantitative estimate of drug-likeness (QED) is 0.870. The molecule has 1 amide bonds. The van der Waals surface area contributed by atoms with Crippen molar-refractivity contribution in [2.45, 2.75) is 63.6 Å². The van der Waals surface area contributed by atoms with Gasteiger partial charge in [-0.15, -0.1) is 12.4 Å². The van der Waals surface area contributed by atoms with E-state index in [4.69, 9.17) is 5.73 Å². The van der Waals surface area contributed by atoms with Crippen molar-refractivity contribution in [3.8, 4) is 0 Å². The lowest BCUT2D eigenvalue weighted by atomic mass is 9.82. The molecule has 6 heteroatoms. The molecule has 0 radical (unpaired) electrons. The number of benzene rings is 1. The van der Waals surface area contributed by atoms with Crippen molar-refractivity contribution in [2.75, 3.05) is 0 Å². The molecule has 0 bridgehead atoms. The standard InChI is InChI=1S/C18H24F2N2O.ClH/c19-14-6-5-13(16(20)10-14)11-22(15-7-8-15)18(23)9-12-3-1-2-4-17(12)21;/h5-6,10,12,15,17H,1-4,7-9,11,21H2;1H. The second kappa shape index (κ2) is 8.26. The molecule has 0 aliphatic heterocycles. The number of amides is 1. The van der Waals surface area contributed by atoms with Gasteiger partial charge in [-0.25, -0.2) is 8.78 Å². The van der Waals surface area contributed by atoms with Crippen LogP contribution < -0.4 is 5.73 Å². The first-order chi connectivity index (χ1) is 11.0. The average Bonchev–Trinajstić information content (AvgIpc) is 3.33. The average molecular weight is 359 g/mol. The molecular formula is C18H25ClF2N2O. The Morgan fingerprint density at radius 3 is 2.50 bits per heavy atom. The van der Waals surface area contributed by atoms with E-state index in [1.807, 2.05) is 0 Å². The lowest BCUT2D eigenvalue weighted by Crippen LogP contribution is -2.39. The summed E-state index contributed by atoms with van der Waals surface area (Å²) in [6.45, 7) is 0.220. The van der Waals surface area contributed by atoms with Crippen LogP contribution in [0.1, 0.15) is 50.5 Å². The van der Waals surface area contributed by atoms with Gasteiger partial charge in [0.2, 0.25) is 5.91 Å². The third kappa shape index (κ3) is 4.67. The Kier molecular flexibility index (Phi) is 6.58. The molecule has 1 aromatic rings. The first kappa shape index (κ1) is 19.1. The summed E-state index contributed by atoms with van der Waals surface area (Å²) < 4.78 is 26.9. The van der Waals surface area contributed by atoms with E-state index in [1.165, 1.54) is 12.1 Å². The van der Waals surface area contributed by atoms with Crippen LogP contribution in [0, 0.1) is 17.6 Å². The van der Waals surface area contributed by atoms with Crippen LogP contribution in [0.2, 0.25) is 0 Å². The smallest absolute Gasteiger partial charge is 0.223 e. The van der Waals surface area contributed by atoms with Crippen molar-refractivity contribution in [3.05, 3.63) is 35.4 Å². The minimum absolute atomic E-state index is 0. The van der Waals surface area contributed by atoms with Gasteiger partial charge in [0.05, 0.1) is 0 Å². The number of nitrogens with two attached hydrogens (primary N) is 1. The summed E-state index contributed by atoms with van der Waals surface area (Å²) in [6, 6.07) is 3.84. The molecule has 24 heavy (non-hydrogen) atoms. The molecule has 0 saturated heterocycles. The number of halogens is 3. The SMILES string of the molecule is Cl.NC1CCCCC1CC(=O)N(Cc1ccc(F)cc1F)C1CC1. The maximum atomic E-state index is 13.9. The van der Waals surface area contributed by atoms with E-state index in [9.17, 15) is 13.6 Å². The second-order valence-electron chi connectivity index (χ2n) is 6.90. The van der Waals surface area contributed by atoms with Gasteiger partial charge in [0.15, 0.2) is 0 Å². The fourth-order valence-electron chi connectivity index (χ4n) is 3.47. The van der Waals surface area contributed by atoms with Crippen molar-refractivity contribution < 1.29 is 13.6 Å². The van der Waals surface area contributed by atoms with Crippen LogP contribution in [0.4, 0.5) is 8.78 Å². The van der Waals surface area contributed by atoms with Crippen LogP contribution in [0.3, 0.4) is 0 Å². The molecule has 2 unspecified atom stereocenters. The Morgan fingerprint density at radius 1 is 1.17 bits per heavy atom. The van der Waals surface area contributed by atoms with Gasteiger partial charge >= 0.3 is 0 Å². The monoisotopic (exact) mass is 358 g/mol. The van der Waals surface area contributed by atoms with Gasteiger partial charge in [0.25, 0.3) is 0 Å². The summed E-state index contributed by atoms with van der Waals surface area (Å²) in [6.07, 6.45) is 6.61. The largest absolute Gasteiger partial charge is 0.335 e. The van der Waals surface area contributed by atoms with Gasteiger partial charge in [-0.1, -0.05) is 18.9 Å². The Hall–Kier alpha value is -1.20. The van der Waals surface area contributed by atoms with Crippen molar-refractivity contribution in [3.63, 3.8) is 0 Å². The molecule has 3 rings (SSSR count). The van der Waals surface area contributed by atoms with Crippen LogP contribution in [0.5, 0.6) is 0 Å². The van der Waals surface area contributed by atoms with Crippen LogP contribution in [-0.2, 0) is 11.3 Å². The second-order valence-corrected chi connectivity index (χ2v) is 6.90. The molecular weight excluding hydrogens is 334 g/mol. The summed E-state index contributed by atoms with van der Waals surface area (Å²) in [5.74, 6) is -0.893. The molecule has 134 valence electrons. The van der Waals surface area contributed by atoms with E-state index in [0.717, 1.165) is 44.6 Å². The third-order valence-corrected chi connectivity index (χ3v) is 5.07. The number of hydrogen-bond acceptors (Lipinski definition) is 2. The zero-order chi connectivity index (χ0) is 16.4. The van der Waals surface area contributed by atoms with Crippen LogP contribution in [0.15, 0.2) is 18.2 Å². The predicted octanol–water partition coefficient (Wildman–Crippen LogP) is 3.79. The maximum Gasteiger partial charge on any atom is 0.223 e. The molecule has 2 aliphatic rings. The van der Waals surface area contributed by atoms with E-state index in [-0.39, 0.29) is 42.9 Å². The van der Waals surface area contributed by atoms with E-state index >= 15 is 0 Å². The number of carbonyl (C=O) groups is 1. The lowest BCUT2D eigenvalue weighted by molar-refractivity contribution is -0.133. The molecule has 0 heterocycles. The molecule has 2 fully saturated rings. The van der Waals surface area contributed by atoms with Gasteiger partial charge < -0.3 is 10.6 Å². The van der Waals surface area contributed by atoms with Gasteiger partial charge in [0.1, 0.15) is 11.6 Å². The first-order valence-corrected chi connectivity index (χ1v) is 8.53. The van der Waals surface area contributed by atoms with Crippen LogP contribution in [0.25, 0.3) is 0 Å². The van der Waals surface area contributed by atoms with Crippen molar-refractivity contribution >= 4 is 18.3 Å². The third-order valence-electron chi connectivity index (χ3n) is 5.07. The number of nitrogens with zero attached hydrogens (tertiary/aromatic N) is 1. The van der Waals surface area contributed by atoms with Gasteiger partial charge in [-0.05, 0) is 37.7 Å². The molecule has 0 aromatic heterocycles. The predicted molar refractivity (Wildman–Crippen MR) is 91.7 cm³/mol. The number of carbonyl (C=O) groups excluding carboxylic acids is 1. The van der Waals surface area contributed by atoms with E-state index in [2.05, 4.69) is 0 Å². The van der Waals surface area contributed by atoms with Crippen LogP contribution >= 0.6 is 12.4 Å². The Labute approximate surface area is 148 Å². The summed E-state index contributed by atoms with van der Waals surface area (Å²) in [5, 5.41) is 0. The minimum atomic E-state index is -0.594. The molecule has 2 aliphatic carbocycles. The lowest BCUT2D eigenvalue weighted by Gasteiger charge is -2.31. The zero-order valence-electron chi connectivity index (χ0n) is 13.7. The Bertz CT molecular complexity index is 580. The van der Waals surface area contributed by atoms with Crippen molar-refractivity contribution in [1.82, 2.24) is 4.90 Å². The fourth-order valence-corrected chi connectivity index (χ4v) is 3.47. The summed E-state index contributed by atoms with van der Waals surface area (Å²) in [4.78, 5) is 14.5. The van der Waals surface area contributed by atoms with Crippen molar-refractivity contribution in [2.24, 2.45) is 11.7 Å². The maximum absolute atomic E-state index is 13.9. The highest BCUT2D eigenvalue weighted by atomic mass is 35.5. The summed E-state index contributed by atoms with van der Waals surface area (Å²) >= 11 is 0. The van der Waals surface area contributed by atoms with Gasteiger partial charge in [-0.3, -0.25) is 4.79 Å². The zero-order valence-corrected chi connectivity index (χ0v) is 14.5. The van der Waals surface area contributed by atoms with Crippen LogP contribution in [-0.4, -0.2) is 22.9 Å². The molecule has 2 atom stereocenters. The minimum Gasteiger partial charge on any atom is -0.335 e. The number of rotatable bonds is 5. The van der Waals surface area contributed by atoms with E-state index in [0.29, 0.717) is 12.0 Å². The van der Waals surface area contributed by atoms with E-state index < -0.39 is 11.6 Å². The highest BCUT2D eigenvalue weighted by Crippen LogP contribution is 2.32. The van der Waals surface area contributed by atoms with Gasteiger partial charge in [-0.2, -0.15) is 0 Å². The summed E-state index contributed by atoms with van der Waals surface area (Å²) in [5.41, 5.74) is 6.51. The van der Waals surface area contributed by atoms with Crippen molar-refractivity contribution in [1.29, 1.82) is 0 Å². The Morgan fingerprint density at radius 2 is 1.88 bits per heavy atom. The highest BCUT2D eigenvalue weighted by molar-refractivity contribution is 5.85. The summed E-state index contributed by atoms with van der Waals surface area (Å²) in [7, 11) is 0. The molecule has 0 spiro atoms. The fraction of sp³-hybridized carbons (Fsp3) is 0.611. The normalized spacial score (nSPS) is 23.5. The van der Waals surface area contributed by atoms with Gasteiger partial charge in [0, 0.05) is 36.7 Å². The number of hydrogen-bond donors (Lipinski definition) is 1. The van der Waals surface area contributed by atoms with E-state index in [1.54, 1.807) is 4.90 Å². The molecule has 2 N–H and O–H groups in total. The molecule has 1 aromatic carbocycles. The Balaban J connectivity index is 0.00000208. The first-order valence-electron chi connectivity index (χ1n) is 8.53. The molecule has 2 saturated carbocycles. The molecule has 3 nitrogen and oxygen atoms in total. The highest BCUT2D eigenvalue weighted by Gasteiger charge is 2.35. The topological polar surface area (TPSA) is 46.3 Å².